The van der Waals surface area contributed by atoms with Crippen LogP contribution in [0.5, 0.6) is 5.75 Å². The number of carbonyl (C=O) groups excluding carboxylic acids is 2. The Labute approximate surface area is 154 Å². The third kappa shape index (κ3) is 3.31. The number of halogens is 2. The standard InChI is InChI=1S/C20H16F2N2O3/c1-3-10-24-19(25)17(13-6-4-5-7-16(13)27-2)18(20(24)26)23-12-8-9-14(21)15(22)11-12/h3-9,11,23H,1,10H2,2H3. The summed E-state index contributed by atoms with van der Waals surface area (Å²) in [6.45, 7) is 3.57. The number of hydrogen-bond donors (Lipinski definition) is 1. The number of imide groups is 1. The zero-order valence-corrected chi connectivity index (χ0v) is 14.5. The maximum atomic E-state index is 13.5. The van der Waals surface area contributed by atoms with Crippen LogP contribution >= 0.6 is 0 Å². The van der Waals surface area contributed by atoms with Crippen LogP contribution in [0.4, 0.5) is 14.5 Å². The summed E-state index contributed by atoms with van der Waals surface area (Å²) in [5.74, 6) is -2.81. The van der Waals surface area contributed by atoms with Crippen LogP contribution in [0.25, 0.3) is 5.57 Å². The van der Waals surface area contributed by atoms with E-state index < -0.39 is 23.4 Å². The Bertz CT molecular complexity index is 969. The van der Waals surface area contributed by atoms with E-state index in [-0.39, 0.29) is 23.5 Å². The molecule has 0 aromatic heterocycles. The Morgan fingerprint density at radius 3 is 2.52 bits per heavy atom. The van der Waals surface area contributed by atoms with Gasteiger partial charge in [0.05, 0.1) is 12.7 Å². The number of para-hydroxylation sites is 1. The largest absolute Gasteiger partial charge is 0.496 e. The molecule has 7 heteroatoms. The summed E-state index contributed by atoms with van der Waals surface area (Å²) in [6, 6.07) is 9.86. The topological polar surface area (TPSA) is 58.6 Å². The minimum absolute atomic E-state index is 0.0132. The number of ether oxygens (including phenoxy) is 1. The highest BCUT2D eigenvalue weighted by atomic mass is 19.2. The van der Waals surface area contributed by atoms with Gasteiger partial charge in [-0.3, -0.25) is 14.5 Å². The maximum absolute atomic E-state index is 13.5. The summed E-state index contributed by atoms with van der Waals surface area (Å²) >= 11 is 0. The predicted octanol–water partition coefficient (Wildman–Crippen LogP) is 3.35. The lowest BCUT2D eigenvalue weighted by molar-refractivity contribution is -0.136. The zero-order valence-electron chi connectivity index (χ0n) is 14.5. The number of nitrogens with zero attached hydrogens (tertiary/aromatic N) is 1. The van der Waals surface area contributed by atoms with Gasteiger partial charge in [0.15, 0.2) is 11.6 Å². The molecule has 1 heterocycles. The van der Waals surface area contributed by atoms with Crippen molar-refractivity contribution in [3.63, 3.8) is 0 Å². The van der Waals surface area contributed by atoms with Crippen molar-refractivity contribution >= 4 is 23.1 Å². The van der Waals surface area contributed by atoms with Crippen LogP contribution < -0.4 is 10.1 Å². The molecule has 0 unspecified atom stereocenters. The molecule has 0 bridgehead atoms. The van der Waals surface area contributed by atoms with Crippen LogP contribution in [0.1, 0.15) is 5.56 Å². The molecular weight excluding hydrogens is 354 g/mol. The lowest BCUT2D eigenvalue weighted by Gasteiger charge is -2.12. The first-order chi connectivity index (χ1) is 13.0. The fourth-order valence-electron chi connectivity index (χ4n) is 2.81. The Kier molecular flexibility index (Phi) is 5.03. The van der Waals surface area contributed by atoms with E-state index in [2.05, 4.69) is 11.9 Å². The highest BCUT2D eigenvalue weighted by Gasteiger charge is 2.39. The molecule has 0 saturated heterocycles. The molecule has 2 amide bonds. The van der Waals surface area contributed by atoms with E-state index in [1.165, 1.54) is 19.3 Å². The van der Waals surface area contributed by atoms with Gasteiger partial charge < -0.3 is 10.1 Å². The van der Waals surface area contributed by atoms with Gasteiger partial charge in [0, 0.05) is 23.9 Å². The van der Waals surface area contributed by atoms with Gasteiger partial charge in [0.25, 0.3) is 11.8 Å². The van der Waals surface area contributed by atoms with Gasteiger partial charge in [-0.1, -0.05) is 24.3 Å². The number of benzene rings is 2. The summed E-state index contributed by atoms with van der Waals surface area (Å²) < 4.78 is 32.0. The number of amides is 2. The van der Waals surface area contributed by atoms with E-state index in [0.29, 0.717) is 11.3 Å². The van der Waals surface area contributed by atoms with E-state index >= 15 is 0 Å². The van der Waals surface area contributed by atoms with Gasteiger partial charge in [0.1, 0.15) is 11.4 Å². The van der Waals surface area contributed by atoms with Gasteiger partial charge in [-0.25, -0.2) is 8.78 Å². The lowest BCUT2D eigenvalue weighted by atomic mass is 10.0. The van der Waals surface area contributed by atoms with Crippen molar-refractivity contribution in [2.75, 3.05) is 19.0 Å². The summed E-state index contributed by atoms with van der Waals surface area (Å²) in [6.07, 6.45) is 1.43. The van der Waals surface area contributed by atoms with E-state index in [4.69, 9.17) is 4.74 Å². The number of nitrogens with one attached hydrogen (secondary N) is 1. The van der Waals surface area contributed by atoms with Crippen molar-refractivity contribution in [3.05, 3.63) is 78.0 Å². The van der Waals surface area contributed by atoms with Gasteiger partial charge in [-0.2, -0.15) is 0 Å². The lowest BCUT2D eigenvalue weighted by Crippen LogP contribution is -2.32. The highest BCUT2D eigenvalue weighted by Crippen LogP contribution is 2.35. The van der Waals surface area contributed by atoms with Crippen molar-refractivity contribution in [2.24, 2.45) is 0 Å². The van der Waals surface area contributed by atoms with E-state index in [1.807, 2.05) is 0 Å². The molecule has 0 spiro atoms. The third-order valence-electron chi connectivity index (χ3n) is 4.04. The average molecular weight is 370 g/mol. The quantitative estimate of drug-likeness (QED) is 0.626. The number of anilines is 1. The Morgan fingerprint density at radius 1 is 1.11 bits per heavy atom. The van der Waals surface area contributed by atoms with Crippen LogP contribution in [-0.2, 0) is 9.59 Å². The molecular formula is C20H16F2N2O3. The highest BCUT2D eigenvalue weighted by molar-refractivity contribution is 6.37. The monoisotopic (exact) mass is 370 g/mol. The molecule has 2 aromatic rings. The van der Waals surface area contributed by atoms with Crippen molar-refractivity contribution in [1.82, 2.24) is 4.90 Å². The molecule has 5 nitrogen and oxygen atoms in total. The summed E-state index contributed by atoms with van der Waals surface area (Å²) in [4.78, 5) is 26.7. The zero-order chi connectivity index (χ0) is 19.6. The van der Waals surface area contributed by atoms with Crippen LogP contribution in [0.2, 0.25) is 0 Å². The first-order valence-electron chi connectivity index (χ1n) is 8.04. The molecule has 1 aliphatic rings. The fraction of sp³-hybridized carbons (Fsp3) is 0.100. The van der Waals surface area contributed by atoms with Crippen molar-refractivity contribution in [3.8, 4) is 5.75 Å². The van der Waals surface area contributed by atoms with Crippen molar-refractivity contribution in [2.45, 2.75) is 0 Å². The molecule has 1 N–H and O–H groups in total. The van der Waals surface area contributed by atoms with Crippen LogP contribution in [0.15, 0.2) is 60.8 Å². The molecule has 3 rings (SSSR count). The van der Waals surface area contributed by atoms with E-state index in [1.54, 1.807) is 24.3 Å². The van der Waals surface area contributed by atoms with Gasteiger partial charge in [-0.15, -0.1) is 6.58 Å². The summed E-state index contributed by atoms with van der Waals surface area (Å²) in [5, 5.41) is 2.75. The first-order valence-corrected chi connectivity index (χ1v) is 8.04. The molecule has 2 aromatic carbocycles. The van der Waals surface area contributed by atoms with Crippen molar-refractivity contribution in [1.29, 1.82) is 0 Å². The number of methoxy groups -OCH3 is 1. The van der Waals surface area contributed by atoms with Crippen LogP contribution in [0, 0.1) is 11.6 Å². The summed E-state index contributed by atoms with van der Waals surface area (Å²) in [5.41, 5.74) is 0.592. The second kappa shape index (κ2) is 7.41. The number of rotatable bonds is 6. The third-order valence-corrected chi connectivity index (χ3v) is 4.04. The second-order valence-electron chi connectivity index (χ2n) is 5.71. The minimum Gasteiger partial charge on any atom is -0.496 e. The van der Waals surface area contributed by atoms with Crippen molar-refractivity contribution < 1.29 is 23.1 Å². The van der Waals surface area contributed by atoms with Gasteiger partial charge >= 0.3 is 0 Å². The fourth-order valence-corrected chi connectivity index (χ4v) is 2.81. The SMILES string of the molecule is C=CCN1C(=O)C(Nc2ccc(F)c(F)c2)=C(c2ccccc2OC)C1=O. The van der Waals surface area contributed by atoms with Crippen LogP contribution in [0.3, 0.4) is 0 Å². The Morgan fingerprint density at radius 2 is 1.85 bits per heavy atom. The van der Waals surface area contributed by atoms with Gasteiger partial charge in [0.2, 0.25) is 0 Å². The smallest absolute Gasteiger partial charge is 0.278 e. The van der Waals surface area contributed by atoms with Gasteiger partial charge in [-0.05, 0) is 18.2 Å². The Balaban J connectivity index is 2.14. The average Bonchev–Trinajstić information content (AvgIpc) is 2.89. The Hall–Kier alpha value is -3.48. The van der Waals surface area contributed by atoms with E-state index in [0.717, 1.165) is 17.0 Å². The van der Waals surface area contributed by atoms with Crippen LogP contribution in [-0.4, -0.2) is 30.4 Å². The predicted molar refractivity (Wildman–Crippen MR) is 96.8 cm³/mol. The molecule has 0 fully saturated rings. The number of hydrogen-bond acceptors (Lipinski definition) is 4. The molecule has 1 aliphatic heterocycles. The number of carbonyl (C=O) groups is 2. The van der Waals surface area contributed by atoms with E-state index in [9.17, 15) is 18.4 Å². The molecule has 0 saturated carbocycles. The first kappa shape index (κ1) is 18.3. The molecule has 27 heavy (non-hydrogen) atoms. The molecule has 0 atom stereocenters. The summed E-state index contributed by atoms with van der Waals surface area (Å²) in [7, 11) is 1.45. The molecule has 0 aliphatic carbocycles. The normalized spacial score (nSPS) is 14.0. The second-order valence-corrected chi connectivity index (χ2v) is 5.71. The minimum atomic E-state index is -1.07. The maximum Gasteiger partial charge on any atom is 0.278 e. The molecule has 138 valence electrons. The molecule has 0 radical (unpaired) electrons.